The summed E-state index contributed by atoms with van der Waals surface area (Å²) < 4.78 is 7.32. The molecule has 5 rings (SSSR count). The van der Waals surface area contributed by atoms with Gasteiger partial charge in [0.25, 0.3) is 0 Å². The first-order valence-corrected chi connectivity index (χ1v) is 13.2. The second-order valence-electron chi connectivity index (χ2n) is 9.26. The van der Waals surface area contributed by atoms with Gasteiger partial charge >= 0.3 is 0 Å². The van der Waals surface area contributed by atoms with Crippen molar-refractivity contribution in [1.82, 2.24) is 19.9 Å². The zero-order valence-electron chi connectivity index (χ0n) is 19.7. The number of pyridine rings is 1. The van der Waals surface area contributed by atoms with Crippen LogP contribution in [0, 0.1) is 0 Å². The quantitative estimate of drug-likeness (QED) is 0.291. The maximum absolute atomic E-state index is 6.25. The summed E-state index contributed by atoms with van der Waals surface area (Å²) in [6.07, 6.45) is 2.85. The number of hydrogen-bond donors (Lipinski definition) is 1. The van der Waals surface area contributed by atoms with Gasteiger partial charge in [0.1, 0.15) is 10.6 Å². The molecule has 0 spiro atoms. The van der Waals surface area contributed by atoms with Gasteiger partial charge in [-0.15, -0.1) is 11.3 Å². The van der Waals surface area contributed by atoms with Crippen LogP contribution in [0.3, 0.4) is 0 Å². The Morgan fingerprint density at radius 3 is 2.64 bits per heavy atom. The van der Waals surface area contributed by atoms with E-state index in [0.29, 0.717) is 6.61 Å². The third-order valence-electron chi connectivity index (χ3n) is 5.95. The smallest absolute Gasteiger partial charge is 0.189 e. The molecule has 1 aliphatic heterocycles. The van der Waals surface area contributed by atoms with E-state index in [0.717, 1.165) is 62.2 Å². The highest BCUT2D eigenvalue weighted by atomic mass is 32.2. The predicted molar refractivity (Wildman–Crippen MR) is 140 cm³/mol. The topological polar surface area (TPSA) is 63.2 Å². The van der Waals surface area contributed by atoms with E-state index < -0.39 is 0 Å². The van der Waals surface area contributed by atoms with Crippen LogP contribution in [-0.4, -0.2) is 58.9 Å². The number of thiophene rings is 1. The average molecular weight is 480 g/mol. The molecule has 4 heterocycles. The number of ether oxygens (including phenoxy) is 1. The minimum Gasteiger partial charge on any atom is -0.370 e. The molecule has 6 nitrogen and oxygen atoms in total. The van der Waals surface area contributed by atoms with Gasteiger partial charge in [-0.3, -0.25) is 0 Å². The maximum Gasteiger partial charge on any atom is 0.189 e. The van der Waals surface area contributed by atoms with Crippen LogP contribution in [0.25, 0.3) is 31.7 Å². The van der Waals surface area contributed by atoms with Crippen molar-refractivity contribution in [2.45, 2.75) is 37.6 Å². The molecule has 1 aliphatic rings. The Hall–Kier alpha value is -2.26. The van der Waals surface area contributed by atoms with Gasteiger partial charge in [0.2, 0.25) is 0 Å². The second kappa shape index (κ2) is 8.83. The summed E-state index contributed by atoms with van der Waals surface area (Å²) in [6, 6.07) is 10.4. The van der Waals surface area contributed by atoms with Gasteiger partial charge in [0.15, 0.2) is 5.16 Å². The summed E-state index contributed by atoms with van der Waals surface area (Å²) in [5.41, 5.74) is 5.40. The van der Waals surface area contributed by atoms with Gasteiger partial charge in [-0.05, 0) is 39.8 Å². The molecule has 0 aliphatic carbocycles. The van der Waals surface area contributed by atoms with Crippen LogP contribution in [0.2, 0.25) is 0 Å². The molecule has 172 valence electrons. The summed E-state index contributed by atoms with van der Waals surface area (Å²) in [6.45, 7) is 6.64. The van der Waals surface area contributed by atoms with Gasteiger partial charge in [-0.25, -0.2) is 15.0 Å². The number of fused-ring (bicyclic) bond motifs is 5. The van der Waals surface area contributed by atoms with Crippen LogP contribution >= 0.6 is 23.1 Å². The first kappa shape index (κ1) is 22.5. The molecule has 1 aromatic carbocycles. The van der Waals surface area contributed by atoms with Crippen LogP contribution < -0.4 is 5.32 Å². The zero-order chi connectivity index (χ0) is 23.2. The fraction of sp³-hybridized carbons (Fsp3) is 0.400. The molecule has 0 fully saturated rings. The van der Waals surface area contributed by atoms with Crippen LogP contribution in [0.5, 0.6) is 0 Å². The number of benzene rings is 1. The SMILES string of the molecule is CSc1nc(NCCN(C)C)c2sc3nc(-c4ccccc4)c4c(c3c2n1)CC(C)(C)OC4. The Bertz CT molecular complexity index is 1320. The van der Waals surface area contributed by atoms with Crippen LogP contribution in [-0.2, 0) is 17.8 Å². The maximum atomic E-state index is 6.25. The number of nitrogens with one attached hydrogen (secondary N) is 1. The van der Waals surface area contributed by atoms with E-state index in [9.17, 15) is 0 Å². The molecule has 8 heteroatoms. The van der Waals surface area contributed by atoms with Crippen LogP contribution in [0.15, 0.2) is 35.5 Å². The van der Waals surface area contributed by atoms with Crippen molar-refractivity contribution < 1.29 is 4.74 Å². The number of likely N-dealkylation sites (N-methyl/N-ethyl adjacent to an activating group) is 1. The fourth-order valence-corrected chi connectivity index (χ4v) is 5.77. The van der Waals surface area contributed by atoms with Gasteiger partial charge in [0, 0.05) is 36.0 Å². The van der Waals surface area contributed by atoms with Crippen molar-refractivity contribution in [1.29, 1.82) is 0 Å². The minimum atomic E-state index is -0.230. The number of hydrogen-bond acceptors (Lipinski definition) is 8. The van der Waals surface area contributed by atoms with Gasteiger partial charge in [0.05, 0.1) is 28.1 Å². The Morgan fingerprint density at radius 2 is 1.91 bits per heavy atom. The first-order valence-electron chi connectivity index (χ1n) is 11.1. The Balaban J connectivity index is 1.77. The molecule has 0 unspecified atom stereocenters. The van der Waals surface area contributed by atoms with E-state index in [1.54, 1.807) is 23.1 Å². The lowest BCUT2D eigenvalue weighted by molar-refractivity contribution is -0.0394. The third kappa shape index (κ3) is 4.33. The molecule has 0 saturated heterocycles. The number of aromatic nitrogens is 3. The number of nitrogens with zero attached hydrogens (tertiary/aromatic N) is 4. The summed E-state index contributed by atoms with van der Waals surface area (Å²) in [5.74, 6) is 0.899. The highest BCUT2D eigenvalue weighted by molar-refractivity contribution is 7.98. The van der Waals surface area contributed by atoms with Gasteiger partial charge in [-0.2, -0.15) is 0 Å². The third-order valence-corrected chi connectivity index (χ3v) is 7.58. The molecule has 0 bridgehead atoms. The lowest BCUT2D eigenvalue weighted by atomic mass is 9.88. The van der Waals surface area contributed by atoms with Crippen LogP contribution in [0.1, 0.15) is 25.0 Å². The fourth-order valence-electron chi connectivity index (χ4n) is 4.30. The summed E-state index contributed by atoms with van der Waals surface area (Å²) in [5, 5.41) is 5.49. The van der Waals surface area contributed by atoms with Crippen molar-refractivity contribution in [3.63, 3.8) is 0 Å². The van der Waals surface area contributed by atoms with Crippen LogP contribution in [0.4, 0.5) is 5.82 Å². The minimum absolute atomic E-state index is 0.230. The van der Waals surface area contributed by atoms with E-state index in [4.69, 9.17) is 19.7 Å². The molecule has 33 heavy (non-hydrogen) atoms. The lowest BCUT2D eigenvalue weighted by Crippen LogP contribution is -2.32. The normalized spacial score (nSPS) is 15.3. The number of thioether (sulfide) groups is 1. The number of rotatable bonds is 6. The molecular formula is C25H29N5OS2. The van der Waals surface area contributed by atoms with E-state index in [2.05, 4.69) is 62.4 Å². The Labute approximate surface area is 202 Å². The van der Waals surface area contributed by atoms with Crippen molar-refractivity contribution >= 4 is 49.3 Å². The lowest BCUT2D eigenvalue weighted by Gasteiger charge is -2.33. The molecule has 1 N–H and O–H groups in total. The monoisotopic (exact) mass is 479 g/mol. The van der Waals surface area contributed by atoms with Crippen molar-refractivity contribution in [2.75, 3.05) is 38.8 Å². The second-order valence-corrected chi connectivity index (χ2v) is 11.0. The largest absolute Gasteiger partial charge is 0.370 e. The van der Waals surface area contributed by atoms with Crippen molar-refractivity contribution in [2.24, 2.45) is 0 Å². The molecule has 0 atom stereocenters. The summed E-state index contributed by atoms with van der Waals surface area (Å²) >= 11 is 3.26. The van der Waals surface area contributed by atoms with Gasteiger partial charge < -0.3 is 15.0 Å². The summed E-state index contributed by atoms with van der Waals surface area (Å²) in [4.78, 5) is 18.1. The van der Waals surface area contributed by atoms with E-state index in [1.165, 1.54) is 11.1 Å². The number of anilines is 1. The molecular weight excluding hydrogens is 450 g/mol. The molecule has 0 saturated carbocycles. The zero-order valence-corrected chi connectivity index (χ0v) is 21.4. The Kier molecular flexibility index (Phi) is 6.03. The molecule has 4 aromatic rings. The standard InChI is InChI=1S/C25H29N5OS2/c1-25(2)13-16-17(14-31-25)19(15-9-7-6-8-10-15)27-23-18(16)20-21(33-23)22(26-11-12-30(3)4)29-24(28-20)32-5/h6-10H,11-14H2,1-5H3,(H,26,28,29). The predicted octanol–water partition coefficient (Wildman–Crippen LogP) is 5.45. The van der Waals surface area contributed by atoms with Crippen molar-refractivity contribution in [3.8, 4) is 11.3 Å². The highest BCUT2D eigenvalue weighted by Gasteiger charge is 2.32. The Morgan fingerprint density at radius 1 is 1.12 bits per heavy atom. The van der Waals surface area contributed by atoms with E-state index >= 15 is 0 Å². The molecule has 3 aromatic heterocycles. The van der Waals surface area contributed by atoms with Crippen molar-refractivity contribution in [3.05, 3.63) is 41.5 Å². The first-order chi connectivity index (χ1) is 15.9. The molecule has 0 amide bonds. The molecule has 0 radical (unpaired) electrons. The summed E-state index contributed by atoms with van der Waals surface area (Å²) in [7, 11) is 4.16. The average Bonchev–Trinajstić information content (AvgIpc) is 3.17. The van der Waals surface area contributed by atoms with E-state index in [1.807, 2.05) is 12.3 Å². The highest BCUT2D eigenvalue weighted by Crippen LogP contribution is 2.44. The van der Waals surface area contributed by atoms with Gasteiger partial charge in [-0.1, -0.05) is 42.1 Å². The van der Waals surface area contributed by atoms with E-state index in [-0.39, 0.29) is 5.60 Å².